The molecule has 0 aliphatic carbocycles. The molecule has 31 heavy (non-hydrogen) atoms. The zero-order valence-electron chi connectivity index (χ0n) is 17.5. The summed E-state index contributed by atoms with van der Waals surface area (Å²) < 4.78 is 20.2. The Balaban J connectivity index is 1.37. The summed E-state index contributed by atoms with van der Waals surface area (Å²) in [5.41, 5.74) is 0.967. The summed E-state index contributed by atoms with van der Waals surface area (Å²) in [6.07, 6.45) is 0.804. The molecular formula is C20H26FN7O3. The molecule has 2 saturated heterocycles. The van der Waals surface area contributed by atoms with E-state index in [0.29, 0.717) is 23.1 Å². The Labute approximate surface area is 179 Å². The second-order valence-electron chi connectivity index (χ2n) is 8.07. The molecule has 0 radical (unpaired) electrons. The van der Waals surface area contributed by atoms with Crippen molar-refractivity contribution in [2.24, 2.45) is 5.92 Å². The number of ether oxygens (including phenoxy) is 1. The lowest BCUT2D eigenvalue weighted by Crippen LogP contribution is -2.36. The number of piperidine rings is 1. The molecule has 3 heterocycles. The lowest BCUT2D eigenvalue weighted by Gasteiger charge is -2.35. The molecule has 4 rings (SSSR count). The van der Waals surface area contributed by atoms with Crippen LogP contribution >= 0.6 is 0 Å². The maximum Gasteiger partial charge on any atom is 0.414 e. The number of amides is 2. The highest BCUT2D eigenvalue weighted by atomic mass is 19.1. The lowest BCUT2D eigenvalue weighted by molar-refractivity contribution is -0.119. The van der Waals surface area contributed by atoms with E-state index in [9.17, 15) is 14.0 Å². The van der Waals surface area contributed by atoms with E-state index in [2.05, 4.69) is 32.9 Å². The van der Waals surface area contributed by atoms with Crippen LogP contribution in [0.15, 0.2) is 18.2 Å². The third kappa shape index (κ3) is 4.59. The Hall–Kier alpha value is -3.24. The van der Waals surface area contributed by atoms with Gasteiger partial charge in [0.2, 0.25) is 5.91 Å². The van der Waals surface area contributed by atoms with Crippen molar-refractivity contribution in [3.05, 3.63) is 29.8 Å². The molecule has 2 N–H and O–H groups in total. The van der Waals surface area contributed by atoms with Crippen LogP contribution in [0.5, 0.6) is 0 Å². The van der Waals surface area contributed by atoms with Crippen molar-refractivity contribution < 1.29 is 18.7 Å². The van der Waals surface area contributed by atoms with Crippen LogP contribution in [0, 0.1) is 11.7 Å². The molecule has 1 unspecified atom stereocenters. The summed E-state index contributed by atoms with van der Waals surface area (Å²) in [5, 5.41) is 16.9. The minimum atomic E-state index is -0.543. The highest BCUT2D eigenvalue weighted by Gasteiger charge is 2.33. The number of tetrazole rings is 1. The maximum atomic E-state index is 14.9. The molecule has 2 atom stereocenters. The average molecular weight is 431 g/mol. The summed E-state index contributed by atoms with van der Waals surface area (Å²) in [7, 11) is 0. The average Bonchev–Trinajstić information content (AvgIpc) is 3.42. The number of benzene rings is 1. The van der Waals surface area contributed by atoms with E-state index in [-0.39, 0.29) is 30.7 Å². The third-order valence-corrected chi connectivity index (χ3v) is 6.05. The molecule has 2 aromatic rings. The van der Waals surface area contributed by atoms with Crippen molar-refractivity contribution in [3.63, 3.8) is 0 Å². The van der Waals surface area contributed by atoms with Gasteiger partial charge >= 0.3 is 6.09 Å². The Kier molecular flexibility index (Phi) is 6.01. The van der Waals surface area contributed by atoms with Gasteiger partial charge in [-0.05, 0) is 37.0 Å². The zero-order valence-corrected chi connectivity index (χ0v) is 17.5. The molecule has 2 aliphatic heterocycles. The maximum absolute atomic E-state index is 14.9. The van der Waals surface area contributed by atoms with Crippen molar-refractivity contribution >= 4 is 23.4 Å². The van der Waals surface area contributed by atoms with Gasteiger partial charge in [0.05, 0.1) is 24.5 Å². The monoisotopic (exact) mass is 431 g/mol. The van der Waals surface area contributed by atoms with Crippen LogP contribution in [-0.4, -0.2) is 64.9 Å². The largest absolute Gasteiger partial charge is 0.442 e. The normalized spacial score (nSPS) is 20.6. The van der Waals surface area contributed by atoms with Gasteiger partial charge in [-0.25, -0.2) is 9.18 Å². The number of aromatic amines is 1. The fourth-order valence-corrected chi connectivity index (χ4v) is 4.23. The minimum absolute atomic E-state index is 0.194. The minimum Gasteiger partial charge on any atom is -0.442 e. The van der Waals surface area contributed by atoms with Crippen molar-refractivity contribution in [2.45, 2.75) is 38.7 Å². The second kappa shape index (κ2) is 8.86. The molecule has 2 fully saturated rings. The number of nitrogens with zero attached hydrogens (tertiary/aromatic N) is 5. The fraction of sp³-hybridized carbons (Fsp3) is 0.550. The molecule has 0 saturated carbocycles. The van der Waals surface area contributed by atoms with E-state index in [4.69, 9.17) is 4.74 Å². The Morgan fingerprint density at radius 2 is 2.16 bits per heavy atom. The number of cyclic esters (lactones) is 1. The van der Waals surface area contributed by atoms with Crippen molar-refractivity contribution in [3.8, 4) is 0 Å². The van der Waals surface area contributed by atoms with Crippen LogP contribution in [0.1, 0.15) is 38.4 Å². The Morgan fingerprint density at radius 1 is 1.39 bits per heavy atom. The number of H-pyrrole nitrogens is 1. The van der Waals surface area contributed by atoms with E-state index in [1.807, 2.05) is 4.90 Å². The van der Waals surface area contributed by atoms with Gasteiger partial charge in [0, 0.05) is 25.9 Å². The molecule has 2 aliphatic rings. The van der Waals surface area contributed by atoms with E-state index in [0.717, 1.165) is 25.9 Å². The van der Waals surface area contributed by atoms with Gasteiger partial charge < -0.3 is 15.0 Å². The predicted molar refractivity (Wildman–Crippen MR) is 110 cm³/mol. The van der Waals surface area contributed by atoms with E-state index in [1.165, 1.54) is 17.9 Å². The summed E-state index contributed by atoms with van der Waals surface area (Å²) >= 11 is 0. The highest BCUT2D eigenvalue weighted by molar-refractivity contribution is 5.90. The summed E-state index contributed by atoms with van der Waals surface area (Å²) in [4.78, 5) is 26.6. The first kappa shape index (κ1) is 21.0. The Morgan fingerprint density at radius 3 is 2.81 bits per heavy atom. The standard InChI is InChI=1S/C20H26FN7O3/c1-12(19-23-25-26-24-19)14-5-7-27(8-6-14)18-4-3-15(9-17(18)21)28-11-16(31-20(28)30)10-22-13(2)29/h3-4,9,12,14,16H,5-8,10-11H2,1-2H3,(H,22,29)(H,23,24,25,26)/t12?,16-/m0/s1. The number of aromatic nitrogens is 4. The first-order chi connectivity index (χ1) is 14.9. The van der Waals surface area contributed by atoms with Crippen LogP contribution in [0.25, 0.3) is 0 Å². The third-order valence-electron chi connectivity index (χ3n) is 6.05. The number of carbonyl (C=O) groups excluding carboxylic acids is 2. The van der Waals surface area contributed by atoms with E-state index >= 15 is 0 Å². The molecule has 2 amide bonds. The number of hydrogen-bond acceptors (Lipinski definition) is 7. The van der Waals surface area contributed by atoms with Gasteiger partial charge in [-0.15, -0.1) is 10.2 Å². The zero-order chi connectivity index (χ0) is 22.0. The van der Waals surface area contributed by atoms with Crippen molar-refractivity contribution in [1.29, 1.82) is 0 Å². The quantitative estimate of drug-likeness (QED) is 0.717. The van der Waals surface area contributed by atoms with Gasteiger partial charge in [-0.1, -0.05) is 12.1 Å². The number of anilines is 2. The molecule has 10 nitrogen and oxygen atoms in total. The van der Waals surface area contributed by atoms with Gasteiger partial charge in [0.25, 0.3) is 0 Å². The van der Waals surface area contributed by atoms with E-state index < -0.39 is 12.2 Å². The summed E-state index contributed by atoms with van der Waals surface area (Å²) in [5.74, 6) is 0.750. The molecule has 11 heteroatoms. The number of rotatable bonds is 6. The smallest absolute Gasteiger partial charge is 0.414 e. The molecular weight excluding hydrogens is 405 g/mol. The van der Waals surface area contributed by atoms with Crippen molar-refractivity contribution in [2.75, 3.05) is 36.0 Å². The molecule has 1 aromatic heterocycles. The van der Waals surface area contributed by atoms with Gasteiger partial charge in [0.15, 0.2) is 5.82 Å². The van der Waals surface area contributed by atoms with Crippen LogP contribution < -0.4 is 15.1 Å². The summed E-state index contributed by atoms with van der Waals surface area (Å²) in [6, 6.07) is 4.81. The van der Waals surface area contributed by atoms with Crippen molar-refractivity contribution in [1.82, 2.24) is 25.9 Å². The number of halogens is 1. The molecule has 0 bridgehead atoms. The molecule has 166 valence electrons. The number of nitrogens with one attached hydrogen (secondary N) is 2. The molecule has 0 spiro atoms. The van der Waals surface area contributed by atoms with Gasteiger partial charge in [-0.3, -0.25) is 9.69 Å². The number of carbonyl (C=O) groups is 2. The van der Waals surface area contributed by atoms with Crippen LogP contribution in [-0.2, 0) is 9.53 Å². The van der Waals surface area contributed by atoms with E-state index in [1.54, 1.807) is 12.1 Å². The van der Waals surface area contributed by atoms with Crippen LogP contribution in [0.3, 0.4) is 0 Å². The fourth-order valence-electron chi connectivity index (χ4n) is 4.23. The SMILES string of the molecule is CC(=O)NC[C@H]1CN(c2ccc(N3CCC(C(C)c4nn[nH]n4)CC3)c(F)c2)C(=O)O1. The Bertz CT molecular complexity index is 931. The highest BCUT2D eigenvalue weighted by Crippen LogP contribution is 2.34. The predicted octanol–water partition coefficient (Wildman–Crippen LogP) is 1.82. The van der Waals surface area contributed by atoms with Crippen LogP contribution in [0.4, 0.5) is 20.6 Å². The molecule has 1 aromatic carbocycles. The number of hydrogen-bond donors (Lipinski definition) is 2. The summed E-state index contributed by atoms with van der Waals surface area (Å²) in [6.45, 7) is 5.44. The van der Waals surface area contributed by atoms with Gasteiger partial charge in [0.1, 0.15) is 11.9 Å². The first-order valence-corrected chi connectivity index (χ1v) is 10.4. The van der Waals surface area contributed by atoms with Gasteiger partial charge in [-0.2, -0.15) is 5.21 Å². The topological polar surface area (TPSA) is 116 Å². The lowest BCUT2D eigenvalue weighted by atomic mass is 9.85. The second-order valence-corrected chi connectivity index (χ2v) is 8.07. The van der Waals surface area contributed by atoms with Crippen LogP contribution in [0.2, 0.25) is 0 Å². The first-order valence-electron chi connectivity index (χ1n) is 10.4.